The third kappa shape index (κ3) is 2.74. The van der Waals surface area contributed by atoms with Crippen molar-refractivity contribution in [1.82, 2.24) is 9.80 Å². The molecule has 0 radical (unpaired) electrons. The van der Waals surface area contributed by atoms with Gasteiger partial charge in [-0.2, -0.15) is 0 Å². The molecule has 2 aliphatic carbocycles. The number of hydrogen-bond acceptors (Lipinski definition) is 4. The first-order valence-corrected chi connectivity index (χ1v) is 10.2. The molecule has 2 bridgehead atoms. The van der Waals surface area contributed by atoms with E-state index in [0.29, 0.717) is 25.5 Å². The van der Waals surface area contributed by atoms with Gasteiger partial charge in [0.25, 0.3) is 0 Å². The molecule has 4 nitrogen and oxygen atoms in total. The van der Waals surface area contributed by atoms with E-state index in [1.54, 1.807) is 0 Å². The lowest BCUT2D eigenvalue weighted by molar-refractivity contribution is -0.0878. The topological polar surface area (TPSA) is 24.9 Å². The predicted octanol–water partition coefficient (Wildman–Crippen LogP) is 2.60. The van der Waals surface area contributed by atoms with Gasteiger partial charge in [-0.05, 0) is 35.1 Å². The van der Waals surface area contributed by atoms with Gasteiger partial charge in [0.1, 0.15) is 13.5 Å². The molecule has 2 saturated heterocycles. The van der Waals surface area contributed by atoms with Crippen LogP contribution in [0.5, 0.6) is 0 Å². The zero-order valence-electron chi connectivity index (χ0n) is 15.6. The summed E-state index contributed by atoms with van der Waals surface area (Å²) in [4.78, 5) is 5.05. The van der Waals surface area contributed by atoms with Crippen molar-refractivity contribution in [3.63, 3.8) is 0 Å². The van der Waals surface area contributed by atoms with Crippen LogP contribution in [0.2, 0.25) is 0 Å². The Balaban J connectivity index is 1.30. The van der Waals surface area contributed by atoms with Crippen LogP contribution in [0.25, 0.3) is 0 Å². The van der Waals surface area contributed by atoms with Crippen molar-refractivity contribution in [2.75, 3.05) is 20.1 Å². The lowest BCUT2D eigenvalue weighted by atomic mass is 9.85. The Labute approximate surface area is 160 Å². The number of rotatable bonds is 0. The van der Waals surface area contributed by atoms with E-state index in [0.717, 1.165) is 32.4 Å². The number of nitrogens with zero attached hydrogens (tertiary/aromatic N) is 2. The molecule has 2 unspecified atom stereocenters. The zero-order valence-corrected chi connectivity index (χ0v) is 15.6. The minimum Gasteiger partial charge on any atom is -0.361 e. The summed E-state index contributed by atoms with van der Waals surface area (Å²) >= 11 is 0. The Morgan fingerprint density at radius 2 is 1.00 bits per heavy atom. The highest BCUT2D eigenvalue weighted by Crippen LogP contribution is 2.34. The number of fused-ring (bicyclic) bond motifs is 8. The van der Waals surface area contributed by atoms with Gasteiger partial charge in [0, 0.05) is 24.9 Å². The minimum atomic E-state index is 0.265. The Morgan fingerprint density at radius 3 is 1.44 bits per heavy atom. The number of ether oxygens (including phenoxy) is 2. The summed E-state index contributed by atoms with van der Waals surface area (Å²) in [6.45, 7) is 2.38. The van der Waals surface area contributed by atoms with E-state index in [2.05, 4.69) is 58.3 Å². The summed E-state index contributed by atoms with van der Waals surface area (Å²) in [5.74, 6) is 0. The molecule has 6 atom stereocenters. The highest BCUT2D eigenvalue weighted by atomic mass is 16.5. The Morgan fingerprint density at radius 1 is 0.593 bits per heavy atom. The second kappa shape index (κ2) is 6.42. The maximum absolute atomic E-state index is 6.50. The first-order valence-electron chi connectivity index (χ1n) is 10.2. The van der Waals surface area contributed by atoms with Crippen molar-refractivity contribution < 1.29 is 9.47 Å². The molecule has 27 heavy (non-hydrogen) atoms. The summed E-state index contributed by atoms with van der Waals surface area (Å²) in [6.07, 6.45) is 4.69. The first-order chi connectivity index (χ1) is 13.3. The maximum atomic E-state index is 6.50. The second-order valence-electron chi connectivity index (χ2n) is 8.48. The Kier molecular flexibility index (Phi) is 3.86. The largest absolute Gasteiger partial charge is 0.361 e. The third-order valence-corrected chi connectivity index (χ3v) is 7.01. The zero-order chi connectivity index (χ0) is 17.8. The standard InChI is InChI=1S/C23H26N2O2/c1-3-7-18-11-22-20(9-16(18)5-1)24-13-25(15-26-22)21-10-17-6-2-4-8-19(17)12-23(21)27-14-24/h1-8,20-23H,9-15H2/t20-,21-,22-,23-/m0/s1. The molecule has 2 aromatic rings. The lowest BCUT2D eigenvalue weighted by Crippen LogP contribution is -2.49. The Hall–Kier alpha value is -1.72. The van der Waals surface area contributed by atoms with Gasteiger partial charge in [0.15, 0.2) is 0 Å². The molecule has 6 rings (SSSR count). The number of benzene rings is 2. The normalized spacial score (nSPS) is 37.0. The van der Waals surface area contributed by atoms with Crippen LogP contribution in [0.4, 0.5) is 0 Å². The van der Waals surface area contributed by atoms with Gasteiger partial charge in [0.2, 0.25) is 0 Å². The molecule has 4 heteroatoms. The van der Waals surface area contributed by atoms with E-state index in [1.165, 1.54) is 22.3 Å². The molecule has 2 fully saturated rings. The quantitative estimate of drug-likeness (QED) is 0.719. The molecule has 0 amide bonds. The molecule has 2 aromatic carbocycles. The van der Waals surface area contributed by atoms with E-state index in [4.69, 9.17) is 9.47 Å². The van der Waals surface area contributed by atoms with E-state index < -0.39 is 0 Å². The highest BCUT2D eigenvalue weighted by molar-refractivity contribution is 5.33. The fourth-order valence-electron chi connectivity index (χ4n) is 5.50. The van der Waals surface area contributed by atoms with Crippen LogP contribution in [0.1, 0.15) is 22.3 Å². The van der Waals surface area contributed by atoms with E-state index in [9.17, 15) is 0 Å². The molecular formula is C23H26N2O2. The highest BCUT2D eigenvalue weighted by Gasteiger charge is 2.43. The van der Waals surface area contributed by atoms with Crippen LogP contribution in [0.3, 0.4) is 0 Å². The molecule has 140 valence electrons. The summed E-state index contributed by atoms with van der Waals surface area (Å²) in [7, 11) is 0. The van der Waals surface area contributed by atoms with Crippen molar-refractivity contribution in [2.24, 2.45) is 0 Å². The lowest BCUT2D eigenvalue weighted by Gasteiger charge is -2.38. The van der Waals surface area contributed by atoms with Gasteiger partial charge in [0.05, 0.1) is 18.9 Å². The minimum absolute atomic E-state index is 0.265. The van der Waals surface area contributed by atoms with Crippen LogP contribution in [-0.2, 0) is 35.2 Å². The SMILES string of the molecule is c1ccc2c(c1)C[C@@H]1OCN3CN(CO[C@H]4Cc5ccccc5C[C@@H]43)[C@H]1C2. The van der Waals surface area contributed by atoms with Crippen molar-refractivity contribution >= 4 is 0 Å². The summed E-state index contributed by atoms with van der Waals surface area (Å²) in [5, 5.41) is 0. The van der Waals surface area contributed by atoms with Crippen molar-refractivity contribution in [3.8, 4) is 0 Å². The monoisotopic (exact) mass is 362 g/mol. The second-order valence-corrected chi connectivity index (χ2v) is 8.48. The fourth-order valence-corrected chi connectivity index (χ4v) is 5.50. The van der Waals surface area contributed by atoms with Crippen molar-refractivity contribution in [1.29, 1.82) is 0 Å². The molecule has 0 aromatic heterocycles. The summed E-state index contributed by atoms with van der Waals surface area (Å²) < 4.78 is 13.0. The molecule has 0 saturated carbocycles. The summed E-state index contributed by atoms with van der Waals surface area (Å²) in [5.41, 5.74) is 5.86. The van der Waals surface area contributed by atoms with E-state index >= 15 is 0 Å². The van der Waals surface area contributed by atoms with Gasteiger partial charge in [-0.25, -0.2) is 0 Å². The van der Waals surface area contributed by atoms with Crippen LogP contribution in [0, 0.1) is 0 Å². The molecule has 0 spiro atoms. The maximum Gasteiger partial charge on any atom is 0.101 e. The Bertz CT molecular complexity index is 784. The average Bonchev–Trinajstić information content (AvgIpc) is 3.00. The smallest absolute Gasteiger partial charge is 0.101 e. The summed E-state index contributed by atoms with van der Waals surface area (Å²) in [6, 6.07) is 18.5. The van der Waals surface area contributed by atoms with Crippen LogP contribution in [0.15, 0.2) is 48.5 Å². The van der Waals surface area contributed by atoms with Gasteiger partial charge < -0.3 is 9.47 Å². The van der Waals surface area contributed by atoms with Crippen LogP contribution >= 0.6 is 0 Å². The third-order valence-electron chi connectivity index (χ3n) is 7.01. The van der Waals surface area contributed by atoms with Gasteiger partial charge in [-0.1, -0.05) is 48.5 Å². The molecule has 4 aliphatic rings. The predicted molar refractivity (Wildman–Crippen MR) is 103 cm³/mol. The van der Waals surface area contributed by atoms with Crippen LogP contribution < -0.4 is 0 Å². The van der Waals surface area contributed by atoms with Gasteiger partial charge in [-0.15, -0.1) is 0 Å². The van der Waals surface area contributed by atoms with E-state index in [-0.39, 0.29) is 12.2 Å². The van der Waals surface area contributed by atoms with Crippen molar-refractivity contribution in [3.05, 3.63) is 70.8 Å². The van der Waals surface area contributed by atoms with Gasteiger partial charge in [-0.3, -0.25) is 9.80 Å². The molecule has 2 aliphatic heterocycles. The molecule has 2 heterocycles. The number of hydrogen-bond donors (Lipinski definition) is 0. The molecular weight excluding hydrogens is 336 g/mol. The van der Waals surface area contributed by atoms with Crippen LogP contribution in [-0.4, -0.2) is 54.2 Å². The first kappa shape index (κ1) is 16.3. The average molecular weight is 362 g/mol. The molecule has 0 N–H and O–H groups in total. The van der Waals surface area contributed by atoms with Crippen molar-refractivity contribution in [2.45, 2.75) is 50.0 Å². The fraction of sp³-hybridized carbons (Fsp3) is 0.478. The van der Waals surface area contributed by atoms with E-state index in [1.807, 2.05) is 0 Å². The van der Waals surface area contributed by atoms with Gasteiger partial charge >= 0.3 is 0 Å².